The van der Waals surface area contributed by atoms with E-state index in [0.29, 0.717) is 11.1 Å². The van der Waals surface area contributed by atoms with E-state index >= 15 is 0 Å². The van der Waals surface area contributed by atoms with E-state index in [4.69, 9.17) is 9.47 Å². The zero-order valence-corrected chi connectivity index (χ0v) is 14.6. The Morgan fingerprint density at radius 2 is 1.74 bits per heavy atom. The smallest absolute Gasteiger partial charge is 0.312 e. The van der Waals surface area contributed by atoms with Crippen molar-refractivity contribution in [3.05, 3.63) is 58.4 Å². The van der Waals surface area contributed by atoms with Crippen LogP contribution in [0, 0.1) is 17.5 Å². The second kappa shape index (κ2) is 5.84. The second-order valence-electron chi connectivity index (χ2n) is 7.35. The van der Waals surface area contributed by atoms with Crippen LogP contribution in [0.25, 0.3) is 0 Å². The quantitative estimate of drug-likeness (QED) is 0.423. The second-order valence-corrected chi connectivity index (χ2v) is 7.35. The predicted octanol–water partition coefficient (Wildman–Crippen LogP) is 4.29. The molecule has 27 heavy (non-hydrogen) atoms. The van der Waals surface area contributed by atoms with Crippen molar-refractivity contribution in [2.45, 2.75) is 38.2 Å². The molecule has 0 bridgehead atoms. The first-order valence-corrected chi connectivity index (χ1v) is 8.40. The third-order valence-electron chi connectivity index (χ3n) is 4.77. The highest BCUT2D eigenvalue weighted by Gasteiger charge is 2.40. The van der Waals surface area contributed by atoms with E-state index in [9.17, 15) is 22.8 Å². The highest BCUT2D eigenvalue weighted by atomic mass is 19.2. The lowest BCUT2D eigenvalue weighted by Crippen LogP contribution is -2.37. The maximum Gasteiger partial charge on any atom is 0.312 e. The van der Waals surface area contributed by atoms with E-state index in [1.54, 1.807) is 13.8 Å². The normalized spacial score (nSPS) is 20.4. The van der Waals surface area contributed by atoms with Gasteiger partial charge in [0.25, 0.3) is 0 Å². The van der Waals surface area contributed by atoms with E-state index in [1.165, 1.54) is 12.1 Å². The van der Waals surface area contributed by atoms with E-state index in [0.717, 1.165) is 12.1 Å². The molecule has 0 fully saturated rings. The number of hydrogen-bond donors (Lipinski definition) is 0. The Morgan fingerprint density at radius 1 is 1.07 bits per heavy atom. The van der Waals surface area contributed by atoms with Crippen molar-refractivity contribution in [3.63, 3.8) is 0 Å². The molecule has 0 N–H and O–H groups in total. The van der Waals surface area contributed by atoms with Crippen molar-refractivity contribution in [1.29, 1.82) is 0 Å². The third-order valence-corrected chi connectivity index (χ3v) is 4.77. The maximum absolute atomic E-state index is 13.8. The number of fused-ring (bicyclic) bond motifs is 3. The molecule has 0 saturated carbocycles. The minimum absolute atomic E-state index is 0.0668. The van der Waals surface area contributed by atoms with Crippen LogP contribution < -0.4 is 9.47 Å². The summed E-state index contributed by atoms with van der Waals surface area (Å²) in [5, 5.41) is 0. The van der Waals surface area contributed by atoms with Gasteiger partial charge in [-0.15, -0.1) is 0 Å². The van der Waals surface area contributed by atoms with Gasteiger partial charge in [0, 0.05) is 11.5 Å². The van der Waals surface area contributed by atoms with Gasteiger partial charge < -0.3 is 9.47 Å². The van der Waals surface area contributed by atoms with Crippen LogP contribution in [0.1, 0.15) is 54.1 Å². The minimum Gasteiger partial charge on any atom is -0.486 e. The number of ether oxygens (including phenoxy) is 2. The molecule has 7 heteroatoms. The zero-order valence-electron chi connectivity index (χ0n) is 14.6. The van der Waals surface area contributed by atoms with Gasteiger partial charge in [-0.2, -0.15) is 0 Å². The molecule has 1 atom stereocenters. The van der Waals surface area contributed by atoms with Crippen LogP contribution in [-0.4, -0.2) is 17.4 Å². The van der Waals surface area contributed by atoms with E-state index in [1.807, 2.05) is 0 Å². The molecule has 2 heterocycles. The number of halogens is 3. The van der Waals surface area contributed by atoms with Crippen LogP contribution in [0.5, 0.6) is 11.5 Å². The number of Topliss-reactive ketones (excluding diaryl/α,β-unsaturated/α-hetero) is 1. The molecule has 0 amide bonds. The van der Waals surface area contributed by atoms with E-state index in [-0.39, 0.29) is 35.7 Å². The van der Waals surface area contributed by atoms with Crippen LogP contribution in [0.4, 0.5) is 13.2 Å². The van der Waals surface area contributed by atoms with E-state index in [2.05, 4.69) is 0 Å². The number of rotatable bonds is 1. The number of hydrogen-bond acceptors (Lipinski definition) is 4. The summed E-state index contributed by atoms with van der Waals surface area (Å²) < 4.78 is 52.1. The standard InChI is InChI=1S/C20H15F3O4/c1-20(2)8-14(24)10-3-4-15-17(19(10)27-20)11(7-16(25)26-15)9-5-12(21)18(23)13(22)6-9/h3-6,11H,7-8H2,1-2H3/t11-/m0/s1. The summed E-state index contributed by atoms with van der Waals surface area (Å²) in [5.41, 5.74) is -0.0420. The Kier molecular flexibility index (Phi) is 3.80. The van der Waals surface area contributed by atoms with Gasteiger partial charge in [0.2, 0.25) is 0 Å². The summed E-state index contributed by atoms with van der Waals surface area (Å²) in [6.45, 7) is 3.49. The molecule has 0 aromatic heterocycles. The minimum atomic E-state index is -1.58. The number of esters is 1. The van der Waals surface area contributed by atoms with Crippen molar-refractivity contribution < 1.29 is 32.2 Å². The lowest BCUT2D eigenvalue weighted by molar-refractivity contribution is -0.135. The van der Waals surface area contributed by atoms with Gasteiger partial charge >= 0.3 is 5.97 Å². The molecular weight excluding hydrogens is 361 g/mol. The van der Waals surface area contributed by atoms with Gasteiger partial charge in [0.05, 0.1) is 18.4 Å². The predicted molar refractivity (Wildman–Crippen MR) is 88.5 cm³/mol. The highest BCUT2D eigenvalue weighted by Crippen LogP contribution is 2.49. The first-order valence-electron chi connectivity index (χ1n) is 8.40. The van der Waals surface area contributed by atoms with Crippen LogP contribution in [0.3, 0.4) is 0 Å². The summed E-state index contributed by atoms with van der Waals surface area (Å²) in [6, 6.07) is 4.67. The first-order chi connectivity index (χ1) is 12.7. The summed E-state index contributed by atoms with van der Waals surface area (Å²) >= 11 is 0. The molecular formula is C20H15F3O4. The monoisotopic (exact) mass is 376 g/mol. The van der Waals surface area contributed by atoms with Crippen LogP contribution >= 0.6 is 0 Å². The largest absolute Gasteiger partial charge is 0.486 e. The number of carbonyl (C=O) groups excluding carboxylic acids is 2. The van der Waals surface area contributed by atoms with Gasteiger partial charge in [-0.05, 0) is 43.7 Å². The van der Waals surface area contributed by atoms with Gasteiger partial charge in [0.15, 0.2) is 23.2 Å². The SMILES string of the molecule is CC1(C)CC(=O)c2ccc3c(c2O1)[C@H](c1cc(F)c(F)c(F)c1)CC(=O)O3. The van der Waals surface area contributed by atoms with Crippen molar-refractivity contribution in [1.82, 2.24) is 0 Å². The van der Waals surface area contributed by atoms with Crippen molar-refractivity contribution >= 4 is 11.8 Å². The molecule has 0 saturated heterocycles. The summed E-state index contributed by atoms with van der Waals surface area (Å²) in [4.78, 5) is 24.5. The van der Waals surface area contributed by atoms with Gasteiger partial charge in [-0.3, -0.25) is 9.59 Å². The molecule has 2 aromatic carbocycles. The van der Waals surface area contributed by atoms with Crippen molar-refractivity contribution in [2.24, 2.45) is 0 Å². The lowest BCUT2D eigenvalue weighted by Gasteiger charge is -2.36. The average molecular weight is 376 g/mol. The highest BCUT2D eigenvalue weighted by molar-refractivity contribution is 6.01. The van der Waals surface area contributed by atoms with Crippen molar-refractivity contribution in [3.8, 4) is 11.5 Å². The summed E-state index contributed by atoms with van der Waals surface area (Å²) in [7, 11) is 0. The number of ketones is 1. The third kappa shape index (κ3) is 2.87. The molecule has 4 nitrogen and oxygen atoms in total. The Morgan fingerprint density at radius 3 is 2.41 bits per heavy atom. The lowest BCUT2D eigenvalue weighted by atomic mass is 9.82. The average Bonchev–Trinajstić information content (AvgIpc) is 2.57. The summed E-state index contributed by atoms with van der Waals surface area (Å²) in [6.07, 6.45) is -0.0466. The Bertz CT molecular complexity index is 974. The summed E-state index contributed by atoms with van der Waals surface area (Å²) in [5.74, 6) is -5.47. The topological polar surface area (TPSA) is 52.6 Å². The van der Waals surface area contributed by atoms with Crippen LogP contribution in [0.2, 0.25) is 0 Å². The van der Waals surface area contributed by atoms with Gasteiger partial charge in [-0.25, -0.2) is 13.2 Å². The molecule has 0 aliphatic carbocycles. The molecule has 140 valence electrons. The van der Waals surface area contributed by atoms with Crippen molar-refractivity contribution in [2.75, 3.05) is 0 Å². The van der Waals surface area contributed by atoms with Gasteiger partial charge in [0.1, 0.15) is 17.1 Å². The fourth-order valence-corrected chi connectivity index (χ4v) is 3.62. The van der Waals surface area contributed by atoms with Crippen LogP contribution in [0.15, 0.2) is 24.3 Å². The molecule has 2 aliphatic heterocycles. The van der Waals surface area contributed by atoms with Gasteiger partial charge in [-0.1, -0.05) is 0 Å². The van der Waals surface area contributed by atoms with Crippen LogP contribution in [-0.2, 0) is 4.79 Å². The molecule has 2 aliphatic rings. The number of benzene rings is 2. The Labute approximate surface area is 152 Å². The Balaban J connectivity index is 1.95. The molecule has 0 spiro atoms. The fourth-order valence-electron chi connectivity index (χ4n) is 3.62. The fraction of sp³-hybridized carbons (Fsp3) is 0.300. The number of carbonyl (C=O) groups is 2. The zero-order chi connectivity index (χ0) is 19.5. The Hall–Kier alpha value is -2.83. The first kappa shape index (κ1) is 17.6. The molecule has 0 unspecified atom stereocenters. The molecule has 0 radical (unpaired) electrons. The molecule has 4 rings (SSSR count). The van der Waals surface area contributed by atoms with E-state index < -0.39 is 34.9 Å². The maximum atomic E-state index is 13.8. The molecule has 2 aromatic rings.